The molecule has 22 heavy (non-hydrogen) atoms. The Hall–Kier alpha value is -2.37. The Morgan fingerprint density at radius 2 is 1.95 bits per heavy atom. The third-order valence-electron chi connectivity index (χ3n) is 3.84. The average molecular weight is 304 g/mol. The smallest absolute Gasteiger partial charge is 0.335 e. The highest BCUT2D eigenvalue weighted by Gasteiger charge is 2.21. The number of nitrogens with one attached hydrogen (secondary N) is 1. The number of carbonyl (C=O) groups is 3. The van der Waals surface area contributed by atoms with E-state index in [-0.39, 0.29) is 29.8 Å². The molecule has 1 fully saturated rings. The van der Waals surface area contributed by atoms with Crippen LogP contribution in [0.25, 0.3) is 0 Å². The van der Waals surface area contributed by atoms with Gasteiger partial charge < -0.3 is 15.3 Å². The van der Waals surface area contributed by atoms with Crippen molar-refractivity contribution in [3.63, 3.8) is 0 Å². The molecule has 1 aromatic carbocycles. The van der Waals surface area contributed by atoms with Crippen LogP contribution in [0, 0.1) is 0 Å². The second-order valence-electron chi connectivity index (χ2n) is 5.53. The van der Waals surface area contributed by atoms with Crippen molar-refractivity contribution in [3.8, 4) is 0 Å². The van der Waals surface area contributed by atoms with Crippen molar-refractivity contribution >= 4 is 17.8 Å². The van der Waals surface area contributed by atoms with E-state index in [4.69, 9.17) is 5.11 Å². The van der Waals surface area contributed by atoms with Crippen LogP contribution in [0.5, 0.6) is 0 Å². The molecule has 0 aliphatic carbocycles. The van der Waals surface area contributed by atoms with Gasteiger partial charge in [-0.1, -0.05) is 12.1 Å². The first kappa shape index (κ1) is 16.0. The predicted octanol–water partition coefficient (Wildman–Crippen LogP) is 1.05. The zero-order chi connectivity index (χ0) is 16.1. The lowest BCUT2D eigenvalue weighted by atomic mass is 10.0. The highest BCUT2D eigenvalue weighted by atomic mass is 16.4. The summed E-state index contributed by atoms with van der Waals surface area (Å²) in [4.78, 5) is 36.0. The number of carboxylic acid groups (broad SMARTS) is 1. The minimum Gasteiger partial charge on any atom is -0.478 e. The number of hydrogen-bond donors (Lipinski definition) is 2. The highest BCUT2D eigenvalue weighted by Crippen LogP contribution is 2.11. The van der Waals surface area contributed by atoms with E-state index in [1.54, 1.807) is 24.0 Å². The lowest BCUT2D eigenvalue weighted by Crippen LogP contribution is -2.46. The number of likely N-dealkylation sites (tertiary alicyclic amines) is 1. The monoisotopic (exact) mass is 304 g/mol. The summed E-state index contributed by atoms with van der Waals surface area (Å²) in [5, 5.41) is 11.9. The van der Waals surface area contributed by atoms with Crippen LogP contribution in [0.4, 0.5) is 0 Å². The number of hydrogen-bond acceptors (Lipinski definition) is 3. The van der Waals surface area contributed by atoms with Crippen molar-refractivity contribution in [2.45, 2.75) is 32.2 Å². The number of aromatic carboxylic acids is 1. The first-order valence-electron chi connectivity index (χ1n) is 7.33. The van der Waals surface area contributed by atoms with Crippen molar-refractivity contribution in [1.82, 2.24) is 10.2 Å². The van der Waals surface area contributed by atoms with E-state index in [9.17, 15) is 14.4 Å². The van der Waals surface area contributed by atoms with Crippen LogP contribution in [0.15, 0.2) is 24.3 Å². The van der Waals surface area contributed by atoms with Crippen molar-refractivity contribution in [1.29, 1.82) is 0 Å². The maximum atomic E-state index is 12.0. The number of rotatable bonds is 4. The molecule has 0 radical (unpaired) electrons. The number of carbonyl (C=O) groups excluding carboxylic acids is 2. The second-order valence-corrected chi connectivity index (χ2v) is 5.53. The molecule has 1 aliphatic rings. The zero-order valence-electron chi connectivity index (χ0n) is 12.5. The van der Waals surface area contributed by atoms with Gasteiger partial charge >= 0.3 is 5.97 Å². The summed E-state index contributed by atoms with van der Waals surface area (Å²) < 4.78 is 0. The Morgan fingerprint density at radius 1 is 1.27 bits per heavy atom. The number of nitrogens with zero attached hydrogens (tertiary/aromatic N) is 1. The summed E-state index contributed by atoms with van der Waals surface area (Å²) in [5.41, 5.74) is 0.860. The Bertz CT molecular complexity index is 577. The van der Waals surface area contributed by atoms with Gasteiger partial charge in [-0.25, -0.2) is 4.79 Å². The number of benzene rings is 1. The molecule has 0 atom stereocenters. The van der Waals surface area contributed by atoms with E-state index < -0.39 is 5.97 Å². The molecule has 1 aromatic rings. The van der Waals surface area contributed by atoms with Gasteiger partial charge in [-0.15, -0.1) is 0 Å². The summed E-state index contributed by atoms with van der Waals surface area (Å²) in [6, 6.07) is 6.47. The molecule has 0 aromatic heterocycles. The summed E-state index contributed by atoms with van der Waals surface area (Å²) in [6.07, 6.45) is 1.66. The second kappa shape index (κ2) is 7.06. The van der Waals surface area contributed by atoms with Gasteiger partial charge in [0.1, 0.15) is 0 Å². The molecular weight excluding hydrogens is 284 g/mol. The Morgan fingerprint density at radius 3 is 2.55 bits per heavy atom. The minimum absolute atomic E-state index is 0.0651. The predicted molar refractivity (Wildman–Crippen MR) is 80.5 cm³/mol. The Balaban J connectivity index is 1.85. The summed E-state index contributed by atoms with van der Waals surface area (Å²) in [6.45, 7) is 2.87. The van der Waals surface area contributed by atoms with Gasteiger partial charge in [0.05, 0.1) is 12.0 Å². The highest BCUT2D eigenvalue weighted by molar-refractivity contribution is 5.88. The molecule has 0 saturated carbocycles. The maximum Gasteiger partial charge on any atom is 0.335 e. The molecule has 2 N–H and O–H groups in total. The van der Waals surface area contributed by atoms with Gasteiger partial charge in [-0.2, -0.15) is 0 Å². The molecule has 6 heteroatoms. The molecule has 0 unspecified atom stereocenters. The van der Waals surface area contributed by atoms with Crippen molar-refractivity contribution in [2.75, 3.05) is 13.1 Å². The van der Waals surface area contributed by atoms with E-state index in [0.717, 1.165) is 12.8 Å². The molecule has 2 rings (SSSR count). The first-order valence-corrected chi connectivity index (χ1v) is 7.33. The zero-order valence-corrected chi connectivity index (χ0v) is 12.5. The van der Waals surface area contributed by atoms with Crippen molar-refractivity contribution < 1.29 is 19.5 Å². The molecular formula is C16H20N2O4. The van der Waals surface area contributed by atoms with Gasteiger partial charge in [0.2, 0.25) is 11.8 Å². The molecule has 0 spiro atoms. The number of amides is 2. The van der Waals surface area contributed by atoms with Crippen LogP contribution in [-0.2, 0) is 16.0 Å². The molecule has 118 valence electrons. The largest absolute Gasteiger partial charge is 0.478 e. The number of carboxylic acids is 1. The molecule has 1 aliphatic heterocycles. The van der Waals surface area contributed by atoms with Gasteiger partial charge in [0.25, 0.3) is 0 Å². The van der Waals surface area contributed by atoms with Crippen LogP contribution in [0.3, 0.4) is 0 Å². The summed E-state index contributed by atoms with van der Waals surface area (Å²) in [5.74, 6) is -1.06. The normalized spacial score (nSPS) is 15.4. The van der Waals surface area contributed by atoms with E-state index in [2.05, 4.69) is 5.32 Å². The van der Waals surface area contributed by atoms with Gasteiger partial charge in [-0.05, 0) is 30.5 Å². The number of piperidine rings is 1. The molecule has 6 nitrogen and oxygen atoms in total. The average Bonchev–Trinajstić information content (AvgIpc) is 2.47. The fourth-order valence-electron chi connectivity index (χ4n) is 2.62. The SMILES string of the molecule is CC(=O)N1CCC(NC(=O)Cc2cccc(C(=O)O)c2)CC1. The van der Waals surface area contributed by atoms with Gasteiger partial charge in [0, 0.05) is 26.1 Å². The van der Waals surface area contributed by atoms with Crippen LogP contribution in [-0.4, -0.2) is 46.9 Å². The fraction of sp³-hybridized carbons (Fsp3) is 0.438. The van der Waals surface area contributed by atoms with Crippen molar-refractivity contribution in [3.05, 3.63) is 35.4 Å². The summed E-state index contributed by atoms with van der Waals surface area (Å²) in [7, 11) is 0. The third-order valence-corrected chi connectivity index (χ3v) is 3.84. The van der Waals surface area contributed by atoms with Crippen LogP contribution < -0.4 is 5.32 Å². The molecule has 1 heterocycles. The van der Waals surface area contributed by atoms with Gasteiger partial charge in [-0.3, -0.25) is 9.59 Å². The van der Waals surface area contributed by atoms with Crippen molar-refractivity contribution in [2.24, 2.45) is 0 Å². The molecule has 2 amide bonds. The van der Waals surface area contributed by atoms with E-state index in [1.165, 1.54) is 12.1 Å². The fourth-order valence-corrected chi connectivity index (χ4v) is 2.62. The van der Waals surface area contributed by atoms with E-state index in [1.807, 2.05) is 0 Å². The van der Waals surface area contributed by atoms with Crippen LogP contribution in [0.1, 0.15) is 35.7 Å². The quantitative estimate of drug-likeness (QED) is 0.870. The first-order chi connectivity index (χ1) is 10.5. The van der Waals surface area contributed by atoms with Crippen LogP contribution >= 0.6 is 0 Å². The van der Waals surface area contributed by atoms with Gasteiger partial charge in [0.15, 0.2) is 0 Å². The minimum atomic E-state index is -1.00. The van der Waals surface area contributed by atoms with E-state index >= 15 is 0 Å². The topological polar surface area (TPSA) is 86.7 Å². The molecule has 0 bridgehead atoms. The molecule has 1 saturated heterocycles. The lowest BCUT2D eigenvalue weighted by Gasteiger charge is -2.31. The summed E-state index contributed by atoms with van der Waals surface area (Å²) >= 11 is 0. The van der Waals surface area contributed by atoms with Crippen LogP contribution in [0.2, 0.25) is 0 Å². The van der Waals surface area contributed by atoms with E-state index in [0.29, 0.717) is 18.7 Å². The Kier molecular flexibility index (Phi) is 5.14. The Labute approximate surface area is 129 Å². The maximum absolute atomic E-state index is 12.0. The lowest BCUT2D eigenvalue weighted by molar-refractivity contribution is -0.130. The standard InChI is InChI=1S/C16H20N2O4/c1-11(19)18-7-5-14(6-8-18)17-15(20)10-12-3-2-4-13(9-12)16(21)22/h2-4,9,14H,5-8,10H2,1H3,(H,17,20)(H,21,22). The third kappa shape index (κ3) is 4.31.